The molecule has 0 radical (unpaired) electrons. The van der Waals surface area contributed by atoms with Gasteiger partial charge >= 0.3 is 0 Å². The second kappa shape index (κ2) is 8.08. The highest BCUT2D eigenvalue weighted by molar-refractivity contribution is 7.18. The van der Waals surface area contributed by atoms with Crippen LogP contribution in [0, 0.1) is 5.82 Å². The van der Waals surface area contributed by atoms with Gasteiger partial charge in [-0.15, -0.1) is 0 Å². The number of pyridine rings is 1. The number of fused-ring (bicyclic) bond motifs is 1. The van der Waals surface area contributed by atoms with E-state index in [0.717, 1.165) is 26.8 Å². The molecule has 0 saturated heterocycles. The molecule has 1 atom stereocenters. The van der Waals surface area contributed by atoms with E-state index < -0.39 is 0 Å². The van der Waals surface area contributed by atoms with Crippen molar-refractivity contribution >= 4 is 22.1 Å². The van der Waals surface area contributed by atoms with Gasteiger partial charge in [-0.05, 0) is 26.0 Å². The van der Waals surface area contributed by atoms with Crippen molar-refractivity contribution in [2.24, 2.45) is 0 Å². The van der Waals surface area contributed by atoms with Crippen molar-refractivity contribution < 1.29 is 9.13 Å². The molecule has 28 heavy (non-hydrogen) atoms. The van der Waals surface area contributed by atoms with Crippen LogP contribution in [-0.2, 0) is 4.74 Å². The lowest BCUT2D eigenvalue weighted by atomic mass is 10.0. The molecule has 3 heterocycles. The molecule has 0 bridgehead atoms. The average Bonchev–Trinajstić information content (AvgIpc) is 3.35. The summed E-state index contributed by atoms with van der Waals surface area (Å²) >= 11 is 1.56. The van der Waals surface area contributed by atoms with Crippen molar-refractivity contribution in [3.8, 4) is 21.6 Å². The second-order valence-electron chi connectivity index (χ2n) is 6.51. The van der Waals surface area contributed by atoms with Crippen LogP contribution in [0.4, 0.5) is 9.52 Å². The van der Waals surface area contributed by atoms with E-state index in [0.29, 0.717) is 18.8 Å². The summed E-state index contributed by atoms with van der Waals surface area (Å²) in [4.78, 5) is 9.88. The molecule has 4 aromatic rings. The number of imidazole rings is 1. The van der Waals surface area contributed by atoms with Gasteiger partial charge in [0.25, 0.3) is 0 Å². The van der Waals surface area contributed by atoms with E-state index in [-0.39, 0.29) is 11.9 Å². The first-order chi connectivity index (χ1) is 13.7. The Morgan fingerprint density at radius 2 is 2.11 bits per heavy atom. The van der Waals surface area contributed by atoms with Gasteiger partial charge in [0.2, 0.25) is 0 Å². The smallest absolute Gasteiger partial charge is 0.183 e. The Morgan fingerprint density at radius 3 is 2.93 bits per heavy atom. The molecular weight excluding hydrogens is 375 g/mol. The summed E-state index contributed by atoms with van der Waals surface area (Å²) in [6, 6.07) is 8.91. The summed E-state index contributed by atoms with van der Waals surface area (Å²) in [6.07, 6.45) is 7.42. The van der Waals surface area contributed by atoms with Crippen LogP contribution >= 0.6 is 11.3 Å². The SMILES string of the molecule is CCOCC(C)Nc1ncc(-c2cc(-c3ccccc3F)c3nccn3c2)s1. The Morgan fingerprint density at radius 1 is 1.25 bits per heavy atom. The van der Waals surface area contributed by atoms with Gasteiger partial charge in [0, 0.05) is 54.1 Å². The third kappa shape index (κ3) is 3.76. The fraction of sp³-hybridized carbons (Fsp3) is 0.238. The number of hydrogen-bond acceptors (Lipinski definition) is 5. The molecule has 5 nitrogen and oxygen atoms in total. The minimum atomic E-state index is -0.263. The minimum Gasteiger partial charge on any atom is -0.380 e. The number of nitrogens with zero attached hydrogens (tertiary/aromatic N) is 3. The van der Waals surface area contributed by atoms with E-state index in [1.807, 2.05) is 42.0 Å². The van der Waals surface area contributed by atoms with Crippen LogP contribution in [0.25, 0.3) is 27.2 Å². The summed E-state index contributed by atoms with van der Waals surface area (Å²) < 4.78 is 21.8. The first-order valence-electron chi connectivity index (χ1n) is 9.17. The standard InChI is InChI=1S/C21H21FN4OS/c1-3-27-13-14(2)25-21-24-11-19(28-21)15-10-17(16-6-4-5-7-18(16)22)20-23-8-9-26(20)12-15/h4-12,14H,3,13H2,1-2H3,(H,24,25). The average molecular weight is 396 g/mol. The summed E-state index contributed by atoms with van der Waals surface area (Å²) in [5.74, 6) is -0.263. The third-order valence-electron chi connectivity index (χ3n) is 4.38. The largest absolute Gasteiger partial charge is 0.380 e. The van der Waals surface area contributed by atoms with Gasteiger partial charge in [-0.2, -0.15) is 0 Å². The van der Waals surface area contributed by atoms with Crippen molar-refractivity contribution in [3.05, 3.63) is 60.9 Å². The van der Waals surface area contributed by atoms with Crippen molar-refractivity contribution in [2.45, 2.75) is 19.9 Å². The number of benzene rings is 1. The Labute approximate surface area is 166 Å². The van der Waals surface area contributed by atoms with Gasteiger partial charge in [-0.1, -0.05) is 29.5 Å². The Balaban J connectivity index is 1.70. The number of rotatable bonds is 7. The monoisotopic (exact) mass is 396 g/mol. The van der Waals surface area contributed by atoms with Crippen LogP contribution in [0.15, 0.2) is 55.1 Å². The molecule has 0 aliphatic heterocycles. The molecule has 144 valence electrons. The number of anilines is 1. The second-order valence-corrected chi connectivity index (χ2v) is 7.55. The van der Waals surface area contributed by atoms with Crippen molar-refractivity contribution in [1.82, 2.24) is 14.4 Å². The van der Waals surface area contributed by atoms with Crippen LogP contribution in [-0.4, -0.2) is 33.6 Å². The van der Waals surface area contributed by atoms with Crippen LogP contribution in [0.5, 0.6) is 0 Å². The normalized spacial score (nSPS) is 12.4. The number of thiazole rings is 1. The summed E-state index contributed by atoms with van der Waals surface area (Å²) in [7, 11) is 0. The number of ether oxygens (including phenoxy) is 1. The van der Waals surface area contributed by atoms with Gasteiger partial charge in [0.05, 0.1) is 11.5 Å². The first-order valence-corrected chi connectivity index (χ1v) is 9.99. The van der Waals surface area contributed by atoms with Gasteiger partial charge in [-0.25, -0.2) is 14.4 Å². The molecule has 0 aliphatic carbocycles. The maximum atomic E-state index is 14.4. The zero-order valence-corrected chi connectivity index (χ0v) is 16.5. The van der Waals surface area contributed by atoms with E-state index in [2.05, 4.69) is 22.2 Å². The quantitative estimate of drug-likeness (QED) is 0.472. The summed E-state index contributed by atoms with van der Waals surface area (Å²) in [5.41, 5.74) is 2.98. The molecule has 7 heteroatoms. The number of halogens is 1. The van der Waals surface area contributed by atoms with E-state index in [1.54, 1.807) is 29.7 Å². The molecular formula is C21H21FN4OS. The van der Waals surface area contributed by atoms with Crippen molar-refractivity contribution in [2.75, 3.05) is 18.5 Å². The molecule has 1 unspecified atom stereocenters. The first kappa shape index (κ1) is 18.6. The van der Waals surface area contributed by atoms with Gasteiger partial charge < -0.3 is 14.5 Å². The maximum absolute atomic E-state index is 14.4. The van der Waals surface area contributed by atoms with E-state index in [9.17, 15) is 4.39 Å². The number of aromatic nitrogens is 3. The highest BCUT2D eigenvalue weighted by Crippen LogP contribution is 2.34. The van der Waals surface area contributed by atoms with Crippen molar-refractivity contribution in [3.63, 3.8) is 0 Å². The van der Waals surface area contributed by atoms with Crippen LogP contribution < -0.4 is 5.32 Å². The number of hydrogen-bond donors (Lipinski definition) is 1. The van der Waals surface area contributed by atoms with E-state index in [1.165, 1.54) is 6.07 Å². The lowest BCUT2D eigenvalue weighted by Crippen LogP contribution is -2.21. The van der Waals surface area contributed by atoms with Gasteiger partial charge in [0.1, 0.15) is 11.5 Å². The molecule has 0 saturated carbocycles. The Bertz CT molecular complexity index is 1090. The van der Waals surface area contributed by atoms with Gasteiger partial charge in [0.15, 0.2) is 5.13 Å². The topological polar surface area (TPSA) is 51.5 Å². The molecule has 0 aliphatic rings. The number of nitrogens with one attached hydrogen (secondary N) is 1. The molecule has 0 spiro atoms. The lowest BCUT2D eigenvalue weighted by molar-refractivity contribution is 0.141. The summed E-state index contributed by atoms with van der Waals surface area (Å²) in [5, 5.41) is 4.19. The fourth-order valence-corrected chi connectivity index (χ4v) is 3.98. The molecule has 0 fully saturated rings. The fourth-order valence-electron chi connectivity index (χ4n) is 3.07. The maximum Gasteiger partial charge on any atom is 0.183 e. The molecule has 3 aromatic heterocycles. The predicted molar refractivity (Wildman–Crippen MR) is 111 cm³/mol. The lowest BCUT2D eigenvalue weighted by Gasteiger charge is -2.12. The highest BCUT2D eigenvalue weighted by atomic mass is 32.1. The highest BCUT2D eigenvalue weighted by Gasteiger charge is 2.14. The predicted octanol–water partition coefficient (Wildman–Crippen LogP) is 5.10. The molecule has 0 amide bonds. The minimum absolute atomic E-state index is 0.170. The third-order valence-corrected chi connectivity index (χ3v) is 5.36. The van der Waals surface area contributed by atoms with E-state index in [4.69, 9.17) is 4.74 Å². The Kier molecular flexibility index (Phi) is 5.36. The zero-order valence-electron chi connectivity index (χ0n) is 15.7. The molecule has 1 aromatic carbocycles. The van der Waals surface area contributed by atoms with Crippen LogP contribution in [0.3, 0.4) is 0 Å². The molecule has 4 rings (SSSR count). The Hall–Kier alpha value is -2.77. The molecule has 1 N–H and O–H groups in total. The van der Waals surface area contributed by atoms with Crippen molar-refractivity contribution in [1.29, 1.82) is 0 Å². The van der Waals surface area contributed by atoms with Crippen LogP contribution in [0.2, 0.25) is 0 Å². The zero-order chi connectivity index (χ0) is 19.5. The van der Waals surface area contributed by atoms with Crippen LogP contribution in [0.1, 0.15) is 13.8 Å². The van der Waals surface area contributed by atoms with E-state index >= 15 is 0 Å². The van der Waals surface area contributed by atoms with Gasteiger partial charge in [-0.3, -0.25) is 0 Å². The summed E-state index contributed by atoms with van der Waals surface area (Å²) in [6.45, 7) is 5.36.